The van der Waals surface area contributed by atoms with E-state index >= 15 is 0 Å². The molecule has 2 aliphatic heterocycles. The third-order valence-corrected chi connectivity index (χ3v) is 6.03. The summed E-state index contributed by atoms with van der Waals surface area (Å²) >= 11 is 4.10. The molecule has 3 heterocycles. The van der Waals surface area contributed by atoms with Gasteiger partial charge in [0.15, 0.2) is 0 Å². The van der Waals surface area contributed by atoms with Crippen molar-refractivity contribution in [2.75, 3.05) is 53.2 Å². The van der Waals surface area contributed by atoms with E-state index in [1.54, 1.807) is 6.33 Å². The van der Waals surface area contributed by atoms with Crippen LogP contribution in [0.2, 0.25) is 0 Å². The summed E-state index contributed by atoms with van der Waals surface area (Å²) in [5.41, 5.74) is 0. The average Bonchev–Trinajstić information content (AvgIpc) is 2.73. The van der Waals surface area contributed by atoms with E-state index in [-0.39, 0.29) is 0 Å². The standard InChI is InChI=1S/C14H22N4S2/c1-12-2-3-17(6-9-20-12)13-10-14(16-11-15-13)18-4-7-19-8-5-18/h10-12H,2-9H2,1H3/t12-/m0/s1. The van der Waals surface area contributed by atoms with E-state index in [2.05, 4.69) is 44.5 Å². The summed E-state index contributed by atoms with van der Waals surface area (Å²) in [6.45, 7) is 6.74. The van der Waals surface area contributed by atoms with Crippen LogP contribution in [0.3, 0.4) is 0 Å². The van der Waals surface area contributed by atoms with Crippen molar-refractivity contribution in [3.63, 3.8) is 0 Å². The zero-order valence-electron chi connectivity index (χ0n) is 12.0. The molecule has 0 aromatic carbocycles. The van der Waals surface area contributed by atoms with Gasteiger partial charge in [-0.15, -0.1) is 0 Å². The molecule has 0 spiro atoms. The van der Waals surface area contributed by atoms with E-state index in [9.17, 15) is 0 Å². The lowest BCUT2D eigenvalue weighted by atomic mass is 10.3. The Labute approximate surface area is 129 Å². The molecule has 20 heavy (non-hydrogen) atoms. The lowest BCUT2D eigenvalue weighted by Gasteiger charge is -2.28. The quantitative estimate of drug-likeness (QED) is 0.834. The zero-order valence-corrected chi connectivity index (χ0v) is 13.6. The third-order valence-electron chi connectivity index (χ3n) is 3.87. The lowest BCUT2D eigenvalue weighted by molar-refractivity contribution is 0.750. The van der Waals surface area contributed by atoms with Crippen molar-refractivity contribution in [1.82, 2.24) is 9.97 Å². The normalized spacial score (nSPS) is 24.6. The van der Waals surface area contributed by atoms with Gasteiger partial charge in [0, 0.05) is 54.8 Å². The highest BCUT2D eigenvalue weighted by Crippen LogP contribution is 2.24. The van der Waals surface area contributed by atoms with Crippen LogP contribution >= 0.6 is 23.5 Å². The van der Waals surface area contributed by atoms with Gasteiger partial charge in [0.1, 0.15) is 18.0 Å². The molecule has 3 rings (SSSR count). The Hall–Kier alpha value is -0.620. The lowest BCUT2D eigenvalue weighted by Crippen LogP contribution is -2.33. The average molecular weight is 310 g/mol. The van der Waals surface area contributed by atoms with Crippen LogP contribution in [-0.4, -0.2) is 58.7 Å². The van der Waals surface area contributed by atoms with E-state index in [0.29, 0.717) is 0 Å². The van der Waals surface area contributed by atoms with Crippen LogP contribution in [0.15, 0.2) is 12.4 Å². The summed E-state index contributed by atoms with van der Waals surface area (Å²) in [4.78, 5) is 13.8. The molecule has 110 valence electrons. The van der Waals surface area contributed by atoms with Crippen LogP contribution in [-0.2, 0) is 0 Å². The van der Waals surface area contributed by atoms with Crippen LogP contribution in [0, 0.1) is 0 Å². The van der Waals surface area contributed by atoms with Crippen molar-refractivity contribution in [2.24, 2.45) is 0 Å². The fourth-order valence-electron chi connectivity index (χ4n) is 2.60. The number of nitrogens with zero attached hydrogens (tertiary/aromatic N) is 4. The molecule has 0 bridgehead atoms. The van der Waals surface area contributed by atoms with Gasteiger partial charge >= 0.3 is 0 Å². The van der Waals surface area contributed by atoms with Gasteiger partial charge in [0.2, 0.25) is 0 Å². The monoisotopic (exact) mass is 310 g/mol. The first-order valence-electron chi connectivity index (χ1n) is 7.34. The molecule has 2 aliphatic rings. The molecule has 1 aromatic rings. The van der Waals surface area contributed by atoms with Gasteiger partial charge in [-0.2, -0.15) is 23.5 Å². The van der Waals surface area contributed by atoms with Crippen LogP contribution in [0.1, 0.15) is 13.3 Å². The Bertz CT molecular complexity index is 437. The van der Waals surface area contributed by atoms with E-state index in [4.69, 9.17) is 0 Å². The summed E-state index contributed by atoms with van der Waals surface area (Å²) in [6, 6.07) is 2.18. The molecule has 1 atom stereocenters. The van der Waals surface area contributed by atoms with Crippen molar-refractivity contribution in [1.29, 1.82) is 0 Å². The van der Waals surface area contributed by atoms with E-state index in [1.165, 1.54) is 23.7 Å². The molecule has 0 saturated carbocycles. The van der Waals surface area contributed by atoms with Crippen LogP contribution in [0.4, 0.5) is 11.6 Å². The predicted octanol–water partition coefficient (Wildman–Crippen LogP) is 2.36. The van der Waals surface area contributed by atoms with E-state index in [1.807, 2.05) is 11.8 Å². The molecular weight excluding hydrogens is 288 g/mol. The maximum absolute atomic E-state index is 4.50. The topological polar surface area (TPSA) is 32.3 Å². The number of aromatic nitrogens is 2. The minimum Gasteiger partial charge on any atom is -0.356 e. The molecule has 1 aromatic heterocycles. The second-order valence-corrected chi connectivity index (χ2v) is 8.06. The highest BCUT2D eigenvalue weighted by molar-refractivity contribution is 8.00. The number of anilines is 2. The Kier molecular flexibility index (Phi) is 4.94. The Morgan fingerprint density at radius 1 is 1.00 bits per heavy atom. The molecule has 2 fully saturated rings. The second kappa shape index (κ2) is 6.89. The third kappa shape index (κ3) is 3.52. The zero-order chi connectivity index (χ0) is 13.8. The minimum atomic E-state index is 0.764. The predicted molar refractivity (Wildman–Crippen MR) is 90.3 cm³/mol. The first-order chi connectivity index (χ1) is 9.83. The van der Waals surface area contributed by atoms with Crippen molar-refractivity contribution in [2.45, 2.75) is 18.6 Å². The fraction of sp³-hybridized carbons (Fsp3) is 0.714. The molecule has 2 saturated heterocycles. The minimum absolute atomic E-state index is 0.764. The molecular formula is C14H22N4S2. The summed E-state index contributed by atoms with van der Waals surface area (Å²) in [5, 5.41) is 0.764. The van der Waals surface area contributed by atoms with Gasteiger partial charge in [-0.25, -0.2) is 9.97 Å². The van der Waals surface area contributed by atoms with Crippen LogP contribution in [0.25, 0.3) is 0 Å². The fourth-order valence-corrected chi connectivity index (χ4v) is 4.50. The van der Waals surface area contributed by atoms with Gasteiger partial charge in [0.05, 0.1) is 0 Å². The number of hydrogen-bond donors (Lipinski definition) is 0. The first kappa shape index (κ1) is 14.3. The number of hydrogen-bond acceptors (Lipinski definition) is 6. The molecule has 0 unspecified atom stereocenters. The Morgan fingerprint density at radius 3 is 2.40 bits per heavy atom. The van der Waals surface area contributed by atoms with Crippen molar-refractivity contribution in [3.05, 3.63) is 12.4 Å². The Balaban J connectivity index is 1.72. The number of thioether (sulfide) groups is 2. The van der Waals surface area contributed by atoms with Gasteiger partial charge < -0.3 is 9.80 Å². The molecule has 4 nitrogen and oxygen atoms in total. The van der Waals surface area contributed by atoms with E-state index < -0.39 is 0 Å². The summed E-state index contributed by atoms with van der Waals surface area (Å²) in [7, 11) is 0. The molecule has 0 amide bonds. The maximum atomic E-state index is 4.50. The maximum Gasteiger partial charge on any atom is 0.134 e. The first-order valence-corrected chi connectivity index (χ1v) is 9.54. The van der Waals surface area contributed by atoms with E-state index in [0.717, 1.165) is 43.1 Å². The molecule has 0 N–H and O–H groups in total. The SMILES string of the molecule is C[C@H]1CCN(c2cc(N3CCSCC3)ncn2)CCS1. The van der Waals surface area contributed by atoms with Crippen LogP contribution in [0.5, 0.6) is 0 Å². The van der Waals surface area contributed by atoms with Gasteiger partial charge in [-0.05, 0) is 6.42 Å². The second-order valence-electron chi connectivity index (χ2n) is 5.29. The van der Waals surface area contributed by atoms with Crippen molar-refractivity contribution >= 4 is 35.2 Å². The van der Waals surface area contributed by atoms with Gasteiger partial charge in [-0.1, -0.05) is 6.92 Å². The van der Waals surface area contributed by atoms with Crippen molar-refractivity contribution < 1.29 is 0 Å². The van der Waals surface area contributed by atoms with Crippen molar-refractivity contribution in [3.8, 4) is 0 Å². The highest BCUT2D eigenvalue weighted by Gasteiger charge is 2.18. The Morgan fingerprint density at radius 2 is 1.65 bits per heavy atom. The highest BCUT2D eigenvalue weighted by atomic mass is 32.2. The van der Waals surface area contributed by atoms with Gasteiger partial charge in [-0.3, -0.25) is 0 Å². The molecule has 6 heteroatoms. The largest absolute Gasteiger partial charge is 0.356 e. The van der Waals surface area contributed by atoms with Gasteiger partial charge in [0.25, 0.3) is 0 Å². The molecule has 0 aliphatic carbocycles. The number of rotatable bonds is 2. The molecule has 0 radical (unpaired) electrons. The summed E-state index contributed by atoms with van der Waals surface area (Å²) in [6.07, 6.45) is 2.97. The summed E-state index contributed by atoms with van der Waals surface area (Å²) < 4.78 is 0. The summed E-state index contributed by atoms with van der Waals surface area (Å²) in [5.74, 6) is 5.80. The smallest absolute Gasteiger partial charge is 0.134 e. The van der Waals surface area contributed by atoms with Crippen LogP contribution < -0.4 is 9.80 Å².